The van der Waals surface area contributed by atoms with Crippen LogP contribution in [0.25, 0.3) is 0 Å². The number of halogens is 4. The second kappa shape index (κ2) is 5.13. The summed E-state index contributed by atoms with van der Waals surface area (Å²) in [5, 5.41) is 0. The van der Waals surface area contributed by atoms with Crippen molar-refractivity contribution in [1.29, 1.82) is 0 Å². The zero-order valence-electron chi connectivity index (χ0n) is 9.41. The third kappa shape index (κ3) is 3.01. The molecule has 0 amide bonds. The minimum absolute atomic E-state index is 0.0268. The predicted octanol–water partition coefficient (Wildman–Crippen LogP) is 4.09. The summed E-state index contributed by atoms with van der Waals surface area (Å²) in [7, 11) is 0. The first-order chi connectivity index (χ1) is 8.89. The fourth-order valence-corrected chi connectivity index (χ4v) is 1.96. The summed E-state index contributed by atoms with van der Waals surface area (Å²) >= 11 is 3.09. The molecular weight excluding hydrogens is 323 g/mol. The van der Waals surface area contributed by atoms with Crippen LogP contribution in [0.1, 0.15) is 21.5 Å². The molecule has 2 rings (SSSR count). The molecule has 1 aromatic carbocycles. The molecule has 0 N–H and O–H groups in total. The van der Waals surface area contributed by atoms with Crippen molar-refractivity contribution in [1.82, 2.24) is 4.98 Å². The van der Waals surface area contributed by atoms with Crippen molar-refractivity contribution in [2.24, 2.45) is 0 Å². The molecule has 0 aliphatic heterocycles. The smallest absolute Gasteiger partial charge is 0.289 e. The number of nitrogens with zero attached hydrogens (tertiary/aromatic N) is 1. The molecule has 6 heteroatoms. The Balaban J connectivity index is 2.48. The fourth-order valence-electron chi connectivity index (χ4n) is 1.53. The van der Waals surface area contributed by atoms with Crippen LogP contribution in [0.3, 0.4) is 0 Å². The average molecular weight is 330 g/mol. The first kappa shape index (κ1) is 13.7. The topological polar surface area (TPSA) is 30.0 Å². The molecule has 0 saturated heterocycles. The van der Waals surface area contributed by atoms with Crippen LogP contribution in [0, 0.1) is 0 Å². The van der Waals surface area contributed by atoms with Gasteiger partial charge in [-0.15, -0.1) is 0 Å². The van der Waals surface area contributed by atoms with E-state index in [2.05, 4.69) is 20.9 Å². The van der Waals surface area contributed by atoms with Gasteiger partial charge in [0.2, 0.25) is 0 Å². The molecular formula is C13H7BrF3NO. The molecule has 0 spiro atoms. The molecule has 2 nitrogen and oxygen atoms in total. The lowest BCUT2D eigenvalue weighted by atomic mass is 10.0. The van der Waals surface area contributed by atoms with Crippen LogP contribution >= 0.6 is 15.9 Å². The highest BCUT2D eigenvalue weighted by atomic mass is 79.9. The fraction of sp³-hybridized carbons (Fsp3) is 0.0769. The van der Waals surface area contributed by atoms with Gasteiger partial charge in [-0.05, 0) is 30.3 Å². The summed E-state index contributed by atoms with van der Waals surface area (Å²) in [6.45, 7) is 0. The Kier molecular flexibility index (Phi) is 3.71. The van der Waals surface area contributed by atoms with Crippen LogP contribution in [0.4, 0.5) is 13.2 Å². The minimum atomic E-state index is -4.48. The molecule has 19 heavy (non-hydrogen) atoms. The van der Waals surface area contributed by atoms with E-state index in [1.54, 1.807) is 0 Å². The van der Waals surface area contributed by atoms with E-state index in [0.717, 1.165) is 12.1 Å². The molecule has 98 valence electrons. The van der Waals surface area contributed by atoms with E-state index >= 15 is 0 Å². The van der Waals surface area contributed by atoms with Crippen LogP contribution in [-0.2, 0) is 6.18 Å². The van der Waals surface area contributed by atoms with E-state index in [0.29, 0.717) is 4.47 Å². The maximum absolute atomic E-state index is 12.6. The number of hydrogen-bond acceptors (Lipinski definition) is 2. The highest BCUT2D eigenvalue weighted by molar-refractivity contribution is 9.10. The second-order valence-corrected chi connectivity index (χ2v) is 4.61. The summed E-state index contributed by atoms with van der Waals surface area (Å²) < 4.78 is 38.2. The maximum atomic E-state index is 12.6. The maximum Gasteiger partial charge on any atom is 0.416 e. The lowest BCUT2D eigenvalue weighted by molar-refractivity contribution is -0.137. The molecule has 0 radical (unpaired) electrons. The number of rotatable bonds is 2. The molecule has 0 fully saturated rings. The zero-order valence-corrected chi connectivity index (χ0v) is 11.0. The first-order valence-corrected chi connectivity index (χ1v) is 6.00. The van der Waals surface area contributed by atoms with Crippen molar-refractivity contribution in [3.8, 4) is 0 Å². The summed E-state index contributed by atoms with van der Waals surface area (Å²) in [6, 6.07) is 5.89. The molecule has 0 atom stereocenters. The van der Waals surface area contributed by atoms with Crippen LogP contribution in [0.5, 0.6) is 0 Å². The number of hydrogen-bond donors (Lipinski definition) is 0. The van der Waals surface area contributed by atoms with Crippen LogP contribution in [-0.4, -0.2) is 10.8 Å². The van der Waals surface area contributed by atoms with Gasteiger partial charge in [-0.25, -0.2) is 0 Å². The summed E-state index contributed by atoms with van der Waals surface area (Å²) in [4.78, 5) is 15.9. The summed E-state index contributed by atoms with van der Waals surface area (Å²) in [5.74, 6) is -0.486. The Morgan fingerprint density at radius 1 is 1.11 bits per heavy atom. The monoisotopic (exact) mass is 329 g/mol. The van der Waals surface area contributed by atoms with Crippen molar-refractivity contribution in [3.63, 3.8) is 0 Å². The predicted molar refractivity (Wildman–Crippen MR) is 66.8 cm³/mol. The first-order valence-electron chi connectivity index (χ1n) is 5.21. The molecule has 1 aromatic heterocycles. The van der Waals surface area contributed by atoms with E-state index < -0.39 is 17.5 Å². The Bertz CT molecular complexity index is 611. The number of benzene rings is 1. The van der Waals surface area contributed by atoms with Crippen molar-refractivity contribution >= 4 is 21.7 Å². The molecule has 0 aliphatic rings. The third-order valence-electron chi connectivity index (χ3n) is 2.48. The van der Waals surface area contributed by atoms with Crippen molar-refractivity contribution in [2.45, 2.75) is 6.18 Å². The lowest BCUT2D eigenvalue weighted by Crippen LogP contribution is -2.09. The highest BCUT2D eigenvalue weighted by Crippen LogP contribution is 2.32. The van der Waals surface area contributed by atoms with Gasteiger partial charge in [0.15, 0.2) is 5.78 Å². The Morgan fingerprint density at radius 2 is 1.74 bits per heavy atom. The second-order valence-electron chi connectivity index (χ2n) is 3.76. The standard InChI is InChI=1S/C13H7BrF3NO/c14-11-2-1-9(13(15,16)17)7-10(11)12(19)8-3-5-18-6-4-8/h1-7H. The van der Waals surface area contributed by atoms with Gasteiger partial charge >= 0.3 is 6.18 Å². The van der Waals surface area contributed by atoms with E-state index in [9.17, 15) is 18.0 Å². The largest absolute Gasteiger partial charge is 0.416 e. The van der Waals surface area contributed by atoms with E-state index in [1.165, 1.54) is 30.6 Å². The highest BCUT2D eigenvalue weighted by Gasteiger charge is 2.31. The normalized spacial score (nSPS) is 11.4. The van der Waals surface area contributed by atoms with Gasteiger partial charge in [0.05, 0.1) is 5.56 Å². The Labute approximate surface area is 115 Å². The molecule has 0 saturated carbocycles. The SMILES string of the molecule is O=C(c1ccncc1)c1cc(C(F)(F)F)ccc1Br. The summed E-state index contributed by atoms with van der Waals surface area (Å²) in [6.07, 6.45) is -1.66. The molecule has 0 aliphatic carbocycles. The Hall–Kier alpha value is -1.69. The van der Waals surface area contributed by atoms with Gasteiger partial charge in [-0.2, -0.15) is 13.2 Å². The van der Waals surface area contributed by atoms with Gasteiger partial charge in [0, 0.05) is 28.0 Å². The average Bonchev–Trinajstić information content (AvgIpc) is 2.38. The number of carbonyl (C=O) groups excluding carboxylic acids is 1. The number of pyridine rings is 1. The van der Waals surface area contributed by atoms with E-state index in [4.69, 9.17) is 0 Å². The van der Waals surface area contributed by atoms with Gasteiger partial charge < -0.3 is 0 Å². The molecule has 1 heterocycles. The minimum Gasteiger partial charge on any atom is -0.289 e. The molecule has 0 unspecified atom stereocenters. The van der Waals surface area contributed by atoms with Crippen molar-refractivity contribution in [2.75, 3.05) is 0 Å². The van der Waals surface area contributed by atoms with Gasteiger partial charge in [0.25, 0.3) is 0 Å². The van der Waals surface area contributed by atoms with E-state index in [1.807, 2.05) is 0 Å². The van der Waals surface area contributed by atoms with Crippen LogP contribution < -0.4 is 0 Å². The summed E-state index contributed by atoms with van der Waals surface area (Å²) in [5.41, 5.74) is -0.593. The quantitative estimate of drug-likeness (QED) is 0.776. The van der Waals surface area contributed by atoms with Crippen molar-refractivity contribution < 1.29 is 18.0 Å². The third-order valence-corrected chi connectivity index (χ3v) is 3.17. The number of aromatic nitrogens is 1. The lowest BCUT2D eigenvalue weighted by Gasteiger charge is -2.10. The number of carbonyl (C=O) groups is 1. The van der Waals surface area contributed by atoms with Gasteiger partial charge in [0.1, 0.15) is 0 Å². The van der Waals surface area contributed by atoms with Gasteiger partial charge in [-0.1, -0.05) is 15.9 Å². The van der Waals surface area contributed by atoms with Crippen molar-refractivity contribution in [3.05, 3.63) is 63.9 Å². The number of alkyl halides is 3. The molecule has 0 bridgehead atoms. The van der Waals surface area contributed by atoms with Crippen LogP contribution in [0.2, 0.25) is 0 Å². The Morgan fingerprint density at radius 3 is 2.32 bits per heavy atom. The van der Waals surface area contributed by atoms with Crippen LogP contribution in [0.15, 0.2) is 47.2 Å². The number of ketones is 1. The zero-order chi connectivity index (χ0) is 14.0. The molecule has 2 aromatic rings. The van der Waals surface area contributed by atoms with Gasteiger partial charge in [-0.3, -0.25) is 9.78 Å². The van der Waals surface area contributed by atoms with E-state index in [-0.39, 0.29) is 11.1 Å².